The van der Waals surface area contributed by atoms with Crippen LogP contribution in [0.4, 0.5) is 13.2 Å². The summed E-state index contributed by atoms with van der Waals surface area (Å²) in [7, 11) is 1.34. The van der Waals surface area contributed by atoms with Crippen LogP contribution in [0.1, 0.15) is 11.3 Å². The van der Waals surface area contributed by atoms with Crippen molar-refractivity contribution in [2.24, 2.45) is 0 Å². The Morgan fingerprint density at radius 1 is 1.38 bits per heavy atom. The van der Waals surface area contributed by atoms with Crippen LogP contribution in [0.15, 0.2) is 16.3 Å². The van der Waals surface area contributed by atoms with Crippen LogP contribution < -0.4 is 5.32 Å². The molecule has 1 aromatic heterocycles. The number of thiophene rings is 1. The first-order chi connectivity index (χ1) is 9.58. The molecule has 0 aromatic carbocycles. The van der Waals surface area contributed by atoms with Crippen LogP contribution in [0.5, 0.6) is 0 Å². The van der Waals surface area contributed by atoms with Crippen LogP contribution in [0, 0.1) is 0 Å². The summed E-state index contributed by atoms with van der Waals surface area (Å²) in [6, 6.07) is 2.79. The minimum Gasteiger partial charge on any atom is -0.372 e. The maximum absolute atomic E-state index is 11.8. The minimum atomic E-state index is -4.42. The SMILES string of the molecule is O=C(CCOCC(F)(F)F)NCc1ccc(S(=O)(=O)Cl)s1. The van der Waals surface area contributed by atoms with Gasteiger partial charge in [-0.3, -0.25) is 4.79 Å². The lowest BCUT2D eigenvalue weighted by Crippen LogP contribution is -2.25. The molecule has 1 amide bonds. The average Bonchev–Trinajstić information content (AvgIpc) is 2.79. The molecule has 0 aliphatic rings. The number of carbonyl (C=O) groups is 1. The van der Waals surface area contributed by atoms with Gasteiger partial charge < -0.3 is 10.1 Å². The number of alkyl halides is 3. The van der Waals surface area contributed by atoms with Crippen molar-refractivity contribution < 1.29 is 31.1 Å². The van der Waals surface area contributed by atoms with Gasteiger partial charge in [0.25, 0.3) is 9.05 Å². The van der Waals surface area contributed by atoms with Crippen LogP contribution in [-0.4, -0.2) is 33.7 Å². The van der Waals surface area contributed by atoms with E-state index in [-0.39, 0.29) is 23.8 Å². The quantitative estimate of drug-likeness (QED) is 0.594. The minimum absolute atomic E-state index is 0.0399. The van der Waals surface area contributed by atoms with E-state index < -0.39 is 27.7 Å². The highest BCUT2D eigenvalue weighted by molar-refractivity contribution is 8.15. The normalized spacial score (nSPS) is 12.4. The van der Waals surface area contributed by atoms with Gasteiger partial charge in [0.05, 0.1) is 13.2 Å². The molecular weight excluding hydrogens is 355 g/mol. The smallest absolute Gasteiger partial charge is 0.372 e. The molecule has 1 rings (SSSR count). The van der Waals surface area contributed by atoms with Crippen molar-refractivity contribution in [3.8, 4) is 0 Å². The van der Waals surface area contributed by atoms with Gasteiger partial charge in [-0.05, 0) is 12.1 Å². The Morgan fingerprint density at radius 3 is 2.57 bits per heavy atom. The summed E-state index contributed by atoms with van der Waals surface area (Å²) < 4.78 is 61.6. The third-order valence-corrected chi connectivity index (χ3v) is 5.25. The van der Waals surface area contributed by atoms with E-state index in [2.05, 4.69) is 10.1 Å². The number of amides is 1. The third kappa shape index (κ3) is 7.65. The molecular formula is C10H11ClF3NO4S2. The van der Waals surface area contributed by atoms with Crippen LogP contribution in [0.25, 0.3) is 0 Å². The van der Waals surface area contributed by atoms with Crippen LogP contribution in [0.2, 0.25) is 0 Å². The van der Waals surface area contributed by atoms with Gasteiger partial charge in [0.15, 0.2) is 0 Å². The zero-order chi connectivity index (χ0) is 16.1. The summed E-state index contributed by atoms with van der Waals surface area (Å²) >= 11 is 0.899. The van der Waals surface area contributed by atoms with Crippen LogP contribution >= 0.6 is 22.0 Å². The lowest BCUT2D eigenvalue weighted by molar-refractivity contribution is -0.174. The highest BCUT2D eigenvalue weighted by atomic mass is 35.7. The van der Waals surface area contributed by atoms with Gasteiger partial charge in [0.1, 0.15) is 10.8 Å². The van der Waals surface area contributed by atoms with E-state index in [0.29, 0.717) is 4.88 Å². The molecule has 0 saturated carbocycles. The monoisotopic (exact) mass is 365 g/mol. The molecule has 0 aliphatic heterocycles. The van der Waals surface area contributed by atoms with Crippen molar-refractivity contribution in [2.45, 2.75) is 23.4 Å². The topological polar surface area (TPSA) is 72.5 Å². The van der Waals surface area contributed by atoms with E-state index in [9.17, 15) is 26.4 Å². The molecule has 1 N–H and O–H groups in total. The van der Waals surface area contributed by atoms with Gasteiger partial charge >= 0.3 is 6.18 Å². The number of ether oxygens (including phenoxy) is 1. The van der Waals surface area contributed by atoms with E-state index in [1.54, 1.807) is 0 Å². The van der Waals surface area contributed by atoms with Crippen molar-refractivity contribution >= 4 is 37.0 Å². The van der Waals surface area contributed by atoms with Crippen LogP contribution in [0.3, 0.4) is 0 Å². The molecule has 0 spiro atoms. The summed E-state index contributed by atoms with van der Waals surface area (Å²) in [6.45, 7) is -1.69. The fourth-order valence-electron chi connectivity index (χ4n) is 1.21. The number of rotatable bonds is 7. The Morgan fingerprint density at radius 2 is 2.05 bits per heavy atom. The van der Waals surface area contributed by atoms with Gasteiger partial charge in [0, 0.05) is 22.0 Å². The molecule has 0 radical (unpaired) electrons. The largest absolute Gasteiger partial charge is 0.411 e. The van der Waals surface area contributed by atoms with Crippen molar-refractivity contribution in [1.82, 2.24) is 5.32 Å². The predicted octanol–water partition coefficient (Wildman–Crippen LogP) is 2.26. The zero-order valence-electron chi connectivity index (χ0n) is 10.4. The maximum atomic E-state index is 11.8. The fourth-order valence-corrected chi connectivity index (χ4v) is 3.27. The second kappa shape index (κ2) is 7.43. The summed E-state index contributed by atoms with van der Waals surface area (Å²) in [4.78, 5) is 11.9. The molecule has 120 valence electrons. The molecule has 0 bridgehead atoms. The van der Waals surface area contributed by atoms with E-state index in [4.69, 9.17) is 10.7 Å². The number of carbonyl (C=O) groups excluding carboxylic acids is 1. The van der Waals surface area contributed by atoms with E-state index >= 15 is 0 Å². The Bertz CT molecular complexity index is 585. The first kappa shape index (κ1) is 18.2. The summed E-state index contributed by atoms with van der Waals surface area (Å²) in [5.74, 6) is -0.499. The Kier molecular flexibility index (Phi) is 6.44. The number of hydrogen-bond acceptors (Lipinski definition) is 5. The van der Waals surface area contributed by atoms with Gasteiger partial charge in [-0.15, -0.1) is 11.3 Å². The molecule has 11 heteroatoms. The lowest BCUT2D eigenvalue weighted by atomic mass is 10.4. The van der Waals surface area contributed by atoms with Crippen molar-refractivity contribution in [2.75, 3.05) is 13.2 Å². The van der Waals surface area contributed by atoms with Crippen LogP contribution in [-0.2, 0) is 25.1 Å². The molecule has 1 aromatic rings. The van der Waals surface area contributed by atoms with E-state index in [0.717, 1.165) is 11.3 Å². The number of nitrogens with one attached hydrogen (secondary N) is 1. The number of hydrogen-bond donors (Lipinski definition) is 1. The Balaban J connectivity index is 2.29. The average molecular weight is 366 g/mol. The molecule has 0 aliphatic carbocycles. The Hall–Kier alpha value is -0.840. The first-order valence-corrected chi connectivity index (χ1v) is 8.65. The summed E-state index contributed by atoms with van der Waals surface area (Å²) in [6.07, 6.45) is -4.64. The van der Waals surface area contributed by atoms with Gasteiger partial charge in [-0.25, -0.2) is 8.42 Å². The predicted molar refractivity (Wildman–Crippen MR) is 70.7 cm³/mol. The zero-order valence-corrected chi connectivity index (χ0v) is 12.8. The first-order valence-electron chi connectivity index (χ1n) is 5.52. The summed E-state index contributed by atoms with van der Waals surface area (Å²) in [5.41, 5.74) is 0. The van der Waals surface area contributed by atoms with Crippen molar-refractivity contribution in [3.63, 3.8) is 0 Å². The molecule has 0 unspecified atom stereocenters. The van der Waals surface area contributed by atoms with Gasteiger partial charge in [-0.2, -0.15) is 13.2 Å². The van der Waals surface area contributed by atoms with Crippen molar-refractivity contribution in [3.05, 3.63) is 17.0 Å². The molecule has 21 heavy (non-hydrogen) atoms. The maximum Gasteiger partial charge on any atom is 0.411 e. The number of halogens is 4. The Labute approximate surface area is 127 Å². The highest BCUT2D eigenvalue weighted by Crippen LogP contribution is 2.24. The highest BCUT2D eigenvalue weighted by Gasteiger charge is 2.27. The second-order valence-corrected chi connectivity index (χ2v) is 7.81. The second-order valence-electron chi connectivity index (χ2n) is 3.85. The fraction of sp³-hybridized carbons (Fsp3) is 0.500. The third-order valence-electron chi connectivity index (χ3n) is 2.08. The molecule has 5 nitrogen and oxygen atoms in total. The molecule has 0 atom stereocenters. The van der Waals surface area contributed by atoms with Crippen molar-refractivity contribution in [1.29, 1.82) is 0 Å². The van der Waals surface area contributed by atoms with Gasteiger partial charge in [0.2, 0.25) is 5.91 Å². The lowest BCUT2D eigenvalue weighted by Gasteiger charge is -2.07. The van der Waals surface area contributed by atoms with E-state index in [1.807, 2.05) is 0 Å². The molecule has 0 saturated heterocycles. The van der Waals surface area contributed by atoms with Gasteiger partial charge in [-0.1, -0.05) is 0 Å². The molecule has 0 fully saturated rings. The standard InChI is InChI=1S/C10H11ClF3NO4S2/c11-21(17,18)9-2-1-7(20-9)5-15-8(16)3-4-19-6-10(12,13)14/h1-2H,3-6H2,(H,15,16). The summed E-state index contributed by atoms with van der Waals surface area (Å²) in [5, 5.41) is 2.43. The molecule has 1 heterocycles. The van der Waals surface area contributed by atoms with E-state index in [1.165, 1.54) is 12.1 Å².